The topological polar surface area (TPSA) is 53.7 Å². The number of anilines is 1. The van der Waals surface area contributed by atoms with E-state index in [9.17, 15) is 9.18 Å². The third kappa shape index (κ3) is 3.44. The van der Waals surface area contributed by atoms with Gasteiger partial charge in [-0.1, -0.05) is 20.8 Å². The molecule has 1 saturated heterocycles. The standard InChI is InChI=1S/C21H24FN5O/c1-21(2,3)18-14-27-13-15(4-5-19(27)24-18)25-8-10-26(11-9-25)20(28)16-6-7-23-12-17(16)22/h4-7,12-14H,8-11H2,1-3H3. The SMILES string of the molecule is CC(C)(C)c1cn2cc(N3CCN(C(=O)c4ccncc4F)CC3)ccc2n1. The number of carbonyl (C=O) groups excluding carboxylic acids is 1. The van der Waals surface area contributed by atoms with Crippen LogP contribution in [0.15, 0.2) is 43.0 Å². The Morgan fingerprint density at radius 3 is 2.50 bits per heavy atom. The number of halogens is 1. The number of imidazole rings is 1. The summed E-state index contributed by atoms with van der Waals surface area (Å²) in [5, 5.41) is 0. The van der Waals surface area contributed by atoms with Gasteiger partial charge in [-0.15, -0.1) is 0 Å². The van der Waals surface area contributed by atoms with Gasteiger partial charge in [0.05, 0.1) is 23.1 Å². The van der Waals surface area contributed by atoms with Crippen LogP contribution in [0, 0.1) is 5.82 Å². The van der Waals surface area contributed by atoms with Gasteiger partial charge in [0.25, 0.3) is 5.91 Å². The summed E-state index contributed by atoms with van der Waals surface area (Å²) >= 11 is 0. The number of hydrogen-bond donors (Lipinski definition) is 0. The molecular formula is C21H24FN5O. The molecule has 6 nitrogen and oxygen atoms in total. The van der Waals surface area contributed by atoms with E-state index in [0.29, 0.717) is 26.2 Å². The molecule has 0 spiro atoms. The molecule has 0 aromatic carbocycles. The molecule has 0 unspecified atom stereocenters. The van der Waals surface area contributed by atoms with Crippen LogP contribution >= 0.6 is 0 Å². The highest BCUT2D eigenvalue weighted by molar-refractivity contribution is 5.94. The first-order valence-corrected chi connectivity index (χ1v) is 9.46. The average molecular weight is 381 g/mol. The summed E-state index contributed by atoms with van der Waals surface area (Å²) in [6.45, 7) is 8.95. The molecule has 1 aliphatic heterocycles. The molecule has 146 valence electrons. The molecule has 1 aliphatic rings. The lowest BCUT2D eigenvalue weighted by Gasteiger charge is -2.36. The van der Waals surface area contributed by atoms with Crippen LogP contribution in [0.2, 0.25) is 0 Å². The summed E-state index contributed by atoms with van der Waals surface area (Å²) in [6, 6.07) is 5.52. The molecular weight excluding hydrogens is 357 g/mol. The number of piperazine rings is 1. The van der Waals surface area contributed by atoms with Gasteiger partial charge in [0.15, 0.2) is 5.82 Å². The maximum absolute atomic E-state index is 13.8. The van der Waals surface area contributed by atoms with Gasteiger partial charge in [-0.05, 0) is 18.2 Å². The minimum atomic E-state index is -0.574. The second kappa shape index (κ2) is 6.89. The van der Waals surface area contributed by atoms with Crippen LogP contribution in [0.3, 0.4) is 0 Å². The summed E-state index contributed by atoms with van der Waals surface area (Å²) < 4.78 is 15.9. The van der Waals surface area contributed by atoms with Gasteiger partial charge in [0.2, 0.25) is 0 Å². The zero-order chi connectivity index (χ0) is 19.9. The Balaban J connectivity index is 1.48. The summed E-state index contributed by atoms with van der Waals surface area (Å²) in [5.41, 5.74) is 3.15. The first-order chi connectivity index (χ1) is 13.3. The number of amides is 1. The van der Waals surface area contributed by atoms with E-state index in [-0.39, 0.29) is 16.9 Å². The molecule has 3 aromatic rings. The molecule has 1 fully saturated rings. The van der Waals surface area contributed by atoms with Crippen molar-refractivity contribution in [3.63, 3.8) is 0 Å². The number of fused-ring (bicyclic) bond motifs is 1. The Morgan fingerprint density at radius 2 is 1.82 bits per heavy atom. The van der Waals surface area contributed by atoms with Crippen molar-refractivity contribution in [3.05, 3.63) is 60.1 Å². The molecule has 1 amide bonds. The smallest absolute Gasteiger partial charge is 0.257 e. The lowest BCUT2D eigenvalue weighted by molar-refractivity contribution is 0.0742. The lowest BCUT2D eigenvalue weighted by atomic mass is 9.93. The molecule has 3 aromatic heterocycles. The van der Waals surface area contributed by atoms with Crippen molar-refractivity contribution < 1.29 is 9.18 Å². The normalized spacial score (nSPS) is 15.3. The van der Waals surface area contributed by atoms with E-state index in [0.717, 1.165) is 23.2 Å². The Morgan fingerprint density at radius 1 is 1.07 bits per heavy atom. The van der Waals surface area contributed by atoms with Gasteiger partial charge in [-0.2, -0.15) is 0 Å². The third-order valence-corrected chi connectivity index (χ3v) is 5.14. The molecule has 0 bridgehead atoms. The highest BCUT2D eigenvalue weighted by Gasteiger charge is 2.24. The van der Waals surface area contributed by atoms with E-state index in [1.165, 1.54) is 12.3 Å². The Bertz CT molecular complexity index is 1020. The van der Waals surface area contributed by atoms with E-state index in [4.69, 9.17) is 4.98 Å². The van der Waals surface area contributed by atoms with E-state index >= 15 is 0 Å². The zero-order valence-corrected chi connectivity index (χ0v) is 16.4. The van der Waals surface area contributed by atoms with Crippen LogP contribution in [-0.2, 0) is 5.41 Å². The van der Waals surface area contributed by atoms with Crippen LogP contribution in [0.1, 0.15) is 36.8 Å². The number of nitrogens with zero attached hydrogens (tertiary/aromatic N) is 5. The van der Waals surface area contributed by atoms with Gasteiger partial charge in [-0.3, -0.25) is 9.78 Å². The molecule has 4 heterocycles. The largest absolute Gasteiger partial charge is 0.367 e. The van der Waals surface area contributed by atoms with Crippen molar-refractivity contribution in [1.29, 1.82) is 0 Å². The molecule has 0 atom stereocenters. The minimum absolute atomic E-state index is 0.000399. The summed E-state index contributed by atoms with van der Waals surface area (Å²) in [7, 11) is 0. The van der Waals surface area contributed by atoms with E-state index < -0.39 is 5.82 Å². The van der Waals surface area contributed by atoms with Crippen molar-refractivity contribution in [2.45, 2.75) is 26.2 Å². The van der Waals surface area contributed by atoms with Crippen molar-refractivity contribution in [1.82, 2.24) is 19.3 Å². The van der Waals surface area contributed by atoms with Crippen LogP contribution in [0.5, 0.6) is 0 Å². The number of rotatable bonds is 2. The summed E-state index contributed by atoms with van der Waals surface area (Å²) in [4.78, 5) is 24.9. The fraction of sp³-hybridized carbons (Fsp3) is 0.381. The van der Waals surface area contributed by atoms with Crippen LogP contribution < -0.4 is 4.90 Å². The van der Waals surface area contributed by atoms with E-state index in [1.54, 1.807) is 4.90 Å². The second-order valence-electron chi connectivity index (χ2n) is 8.16. The fourth-order valence-corrected chi connectivity index (χ4v) is 3.42. The molecule has 0 radical (unpaired) electrons. The number of pyridine rings is 2. The molecule has 4 rings (SSSR count). The molecule has 0 N–H and O–H groups in total. The zero-order valence-electron chi connectivity index (χ0n) is 16.4. The summed E-state index contributed by atoms with van der Waals surface area (Å²) in [5.74, 6) is -0.852. The molecule has 7 heteroatoms. The molecule has 0 saturated carbocycles. The van der Waals surface area contributed by atoms with Gasteiger partial charge >= 0.3 is 0 Å². The number of aromatic nitrogens is 3. The van der Waals surface area contributed by atoms with Crippen LogP contribution in [0.4, 0.5) is 10.1 Å². The molecule has 0 aliphatic carbocycles. The van der Waals surface area contributed by atoms with E-state index in [2.05, 4.69) is 53.5 Å². The number of carbonyl (C=O) groups is 1. The van der Waals surface area contributed by atoms with Gasteiger partial charge in [-0.25, -0.2) is 9.37 Å². The highest BCUT2D eigenvalue weighted by Crippen LogP contribution is 2.24. The predicted molar refractivity (Wildman–Crippen MR) is 106 cm³/mol. The average Bonchev–Trinajstić information content (AvgIpc) is 3.12. The van der Waals surface area contributed by atoms with Crippen molar-refractivity contribution >= 4 is 17.2 Å². The first kappa shape index (κ1) is 18.4. The number of hydrogen-bond acceptors (Lipinski definition) is 4. The first-order valence-electron chi connectivity index (χ1n) is 9.46. The maximum Gasteiger partial charge on any atom is 0.257 e. The highest BCUT2D eigenvalue weighted by atomic mass is 19.1. The Labute approximate surface area is 163 Å². The minimum Gasteiger partial charge on any atom is -0.367 e. The van der Waals surface area contributed by atoms with E-state index in [1.807, 2.05) is 6.07 Å². The molecule has 28 heavy (non-hydrogen) atoms. The maximum atomic E-state index is 13.8. The fourth-order valence-electron chi connectivity index (χ4n) is 3.42. The van der Waals surface area contributed by atoms with Crippen molar-refractivity contribution in [3.8, 4) is 0 Å². The lowest BCUT2D eigenvalue weighted by Crippen LogP contribution is -2.49. The van der Waals surface area contributed by atoms with Gasteiger partial charge in [0, 0.05) is 50.2 Å². The monoisotopic (exact) mass is 381 g/mol. The van der Waals surface area contributed by atoms with Crippen LogP contribution in [0.25, 0.3) is 5.65 Å². The Hall–Kier alpha value is -2.96. The van der Waals surface area contributed by atoms with Crippen LogP contribution in [-0.4, -0.2) is 51.4 Å². The third-order valence-electron chi connectivity index (χ3n) is 5.14. The second-order valence-corrected chi connectivity index (χ2v) is 8.16. The Kier molecular flexibility index (Phi) is 4.53. The predicted octanol–water partition coefficient (Wildman–Crippen LogP) is 3.13. The van der Waals surface area contributed by atoms with Crippen molar-refractivity contribution in [2.75, 3.05) is 31.1 Å². The van der Waals surface area contributed by atoms with Gasteiger partial charge < -0.3 is 14.2 Å². The van der Waals surface area contributed by atoms with Crippen molar-refractivity contribution in [2.24, 2.45) is 0 Å². The quantitative estimate of drug-likeness (QED) is 0.684. The van der Waals surface area contributed by atoms with Gasteiger partial charge in [0.1, 0.15) is 5.65 Å². The summed E-state index contributed by atoms with van der Waals surface area (Å²) in [6.07, 6.45) is 6.68.